The molecule has 1 aromatic rings. The Kier molecular flexibility index (Phi) is 6.16. The van der Waals surface area contributed by atoms with E-state index >= 15 is 0 Å². The molecule has 0 saturated heterocycles. The van der Waals surface area contributed by atoms with E-state index in [-0.39, 0.29) is 11.6 Å². The van der Waals surface area contributed by atoms with Crippen LogP contribution in [0.1, 0.15) is 27.2 Å². The standard InChI is InChI=1S/C15H25FN2O2S/c1-15(2,3)21(19,20)12-11-18(10-4-9-17)14-7-5-13(16)6-8-14/h5-8H,4,9-12,17H2,1-3H3. The first-order chi connectivity index (χ1) is 9.67. The first-order valence-corrected chi connectivity index (χ1v) is 8.75. The van der Waals surface area contributed by atoms with Gasteiger partial charge < -0.3 is 10.6 Å². The highest BCUT2D eigenvalue weighted by Crippen LogP contribution is 2.19. The first kappa shape index (κ1) is 17.9. The predicted octanol–water partition coefficient (Wildman–Crippen LogP) is 2.19. The number of anilines is 1. The molecule has 0 aliphatic heterocycles. The number of halogens is 1. The van der Waals surface area contributed by atoms with Crippen LogP contribution >= 0.6 is 0 Å². The minimum absolute atomic E-state index is 0.0679. The van der Waals surface area contributed by atoms with Gasteiger partial charge in [0.25, 0.3) is 0 Å². The molecule has 0 bridgehead atoms. The lowest BCUT2D eigenvalue weighted by atomic mass is 10.2. The quantitative estimate of drug-likeness (QED) is 0.837. The van der Waals surface area contributed by atoms with Gasteiger partial charge in [0.1, 0.15) is 5.82 Å². The lowest BCUT2D eigenvalue weighted by Crippen LogP contribution is -2.37. The predicted molar refractivity (Wildman–Crippen MR) is 85.8 cm³/mol. The highest BCUT2D eigenvalue weighted by atomic mass is 32.2. The van der Waals surface area contributed by atoms with Crippen LogP contribution in [0.4, 0.5) is 10.1 Å². The fraction of sp³-hybridized carbons (Fsp3) is 0.600. The largest absolute Gasteiger partial charge is 0.370 e. The Morgan fingerprint density at radius 2 is 1.71 bits per heavy atom. The van der Waals surface area contributed by atoms with E-state index in [2.05, 4.69) is 0 Å². The normalized spacial score (nSPS) is 12.4. The van der Waals surface area contributed by atoms with Crippen molar-refractivity contribution in [3.8, 4) is 0 Å². The van der Waals surface area contributed by atoms with E-state index in [1.165, 1.54) is 12.1 Å². The number of rotatable bonds is 7. The van der Waals surface area contributed by atoms with Gasteiger partial charge in [0.05, 0.1) is 10.5 Å². The number of nitrogens with zero attached hydrogens (tertiary/aromatic N) is 1. The van der Waals surface area contributed by atoms with Crippen molar-refractivity contribution in [3.05, 3.63) is 30.1 Å². The number of nitrogens with two attached hydrogens (primary N) is 1. The molecule has 0 spiro atoms. The van der Waals surface area contributed by atoms with E-state index in [1.807, 2.05) is 4.90 Å². The van der Waals surface area contributed by atoms with Crippen molar-refractivity contribution in [3.63, 3.8) is 0 Å². The fourth-order valence-corrected chi connectivity index (χ4v) is 2.91. The summed E-state index contributed by atoms with van der Waals surface area (Å²) in [5, 5.41) is 0. The maximum absolute atomic E-state index is 13.0. The van der Waals surface area contributed by atoms with Gasteiger partial charge in [-0.1, -0.05) is 0 Å². The lowest BCUT2D eigenvalue weighted by Gasteiger charge is -2.27. The first-order valence-electron chi connectivity index (χ1n) is 7.10. The van der Waals surface area contributed by atoms with Crippen LogP contribution in [0.25, 0.3) is 0 Å². The van der Waals surface area contributed by atoms with Gasteiger partial charge in [0.15, 0.2) is 9.84 Å². The van der Waals surface area contributed by atoms with Crippen LogP contribution in [0.2, 0.25) is 0 Å². The lowest BCUT2D eigenvalue weighted by molar-refractivity contribution is 0.558. The summed E-state index contributed by atoms with van der Waals surface area (Å²) >= 11 is 0. The van der Waals surface area contributed by atoms with Crippen LogP contribution in [0, 0.1) is 5.82 Å². The van der Waals surface area contributed by atoms with Crippen LogP contribution in [0.3, 0.4) is 0 Å². The molecule has 4 nitrogen and oxygen atoms in total. The van der Waals surface area contributed by atoms with E-state index in [9.17, 15) is 12.8 Å². The van der Waals surface area contributed by atoms with Crippen molar-refractivity contribution in [2.24, 2.45) is 5.73 Å². The second kappa shape index (κ2) is 7.22. The Hall–Kier alpha value is -1.14. The average Bonchev–Trinajstić information content (AvgIpc) is 2.39. The third-order valence-electron chi connectivity index (χ3n) is 3.39. The average molecular weight is 316 g/mol. The Balaban J connectivity index is 2.82. The van der Waals surface area contributed by atoms with Crippen LogP contribution in [0.15, 0.2) is 24.3 Å². The van der Waals surface area contributed by atoms with Crippen molar-refractivity contribution >= 4 is 15.5 Å². The zero-order valence-corrected chi connectivity index (χ0v) is 13.8. The molecule has 2 N–H and O–H groups in total. The van der Waals surface area contributed by atoms with Crippen LogP contribution in [0.5, 0.6) is 0 Å². The van der Waals surface area contributed by atoms with Gasteiger partial charge >= 0.3 is 0 Å². The van der Waals surface area contributed by atoms with E-state index in [0.717, 1.165) is 12.1 Å². The summed E-state index contributed by atoms with van der Waals surface area (Å²) in [5.41, 5.74) is 6.34. The highest BCUT2D eigenvalue weighted by molar-refractivity contribution is 7.92. The molecule has 120 valence electrons. The fourth-order valence-electron chi connectivity index (χ4n) is 1.84. The van der Waals surface area contributed by atoms with Crippen LogP contribution in [-0.4, -0.2) is 38.6 Å². The molecule has 1 rings (SSSR count). The summed E-state index contributed by atoms with van der Waals surface area (Å²) in [6.45, 7) is 6.66. The van der Waals surface area contributed by atoms with Gasteiger partial charge in [-0.15, -0.1) is 0 Å². The van der Waals surface area contributed by atoms with Gasteiger partial charge in [0, 0.05) is 18.8 Å². The molecule has 0 fully saturated rings. The summed E-state index contributed by atoms with van der Waals surface area (Å²) < 4.78 is 36.6. The molecule has 1 aromatic carbocycles. The summed E-state index contributed by atoms with van der Waals surface area (Å²) in [6, 6.07) is 6.08. The van der Waals surface area contributed by atoms with Crippen molar-refractivity contribution in [1.29, 1.82) is 0 Å². The maximum atomic E-state index is 13.0. The molecular formula is C15H25FN2O2S. The monoisotopic (exact) mass is 316 g/mol. The van der Waals surface area contributed by atoms with Crippen LogP contribution < -0.4 is 10.6 Å². The SMILES string of the molecule is CC(C)(C)S(=O)(=O)CCN(CCCN)c1ccc(F)cc1. The number of benzene rings is 1. The van der Waals surface area contributed by atoms with E-state index < -0.39 is 14.6 Å². The summed E-state index contributed by atoms with van der Waals surface area (Å²) in [5.74, 6) is -0.238. The Bertz CT molecular complexity index is 536. The van der Waals surface area contributed by atoms with Crippen molar-refractivity contribution < 1.29 is 12.8 Å². The van der Waals surface area contributed by atoms with E-state index in [1.54, 1.807) is 32.9 Å². The van der Waals surface area contributed by atoms with Gasteiger partial charge in [-0.2, -0.15) is 0 Å². The maximum Gasteiger partial charge on any atom is 0.156 e. The summed E-state index contributed by atoms with van der Waals surface area (Å²) in [4.78, 5) is 1.94. The molecule has 21 heavy (non-hydrogen) atoms. The molecule has 0 heterocycles. The number of sulfone groups is 1. The molecular weight excluding hydrogens is 291 g/mol. The molecule has 0 aliphatic carbocycles. The molecule has 0 atom stereocenters. The molecule has 0 amide bonds. The second-order valence-corrected chi connectivity index (χ2v) is 8.90. The smallest absolute Gasteiger partial charge is 0.156 e. The zero-order chi connectivity index (χ0) is 16.1. The minimum Gasteiger partial charge on any atom is -0.370 e. The molecule has 6 heteroatoms. The molecule has 0 saturated carbocycles. The van der Waals surface area contributed by atoms with E-state index in [4.69, 9.17) is 5.73 Å². The van der Waals surface area contributed by atoms with Crippen LogP contribution in [-0.2, 0) is 9.84 Å². The number of hydrogen-bond acceptors (Lipinski definition) is 4. The molecule has 0 aliphatic rings. The molecule has 0 unspecified atom stereocenters. The van der Waals surface area contributed by atoms with Crippen molar-refractivity contribution in [2.75, 3.05) is 30.3 Å². The second-order valence-electron chi connectivity index (χ2n) is 6.04. The number of hydrogen-bond donors (Lipinski definition) is 1. The molecule has 0 radical (unpaired) electrons. The minimum atomic E-state index is -3.18. The Labute approximate surface area is 127 Å². The van der Waals surface area contributed by atoms with E-state index in [0.29, 0.717) is 19.6 Å². The zero-order valence-electron chi connectivity index (χ0n) is 13.0. The Morgan fingerprint density at radius 1 is 1.14 bits per heavy atom. The summed E-state index contributed by atoms with van der Waals surface area (Å²) in [7, 11) is -3.18. The third-order valence-corrected chi connectivity index (χ3v) is 5.97. The molecule has 0 aromatic heterocycles. The third kappa shape index (κ3) is 5.28. The van der Waals surface area contributed by atoms with Crippen molar-refractivity contribution in [2.45, 2.75) is 31.9 Å². The van der Waals surface area contributed by atoms with Gasteiger partial charge in [0.2, 0.25) is 0 Å². The summed E-state index contributed by atoms with van der Waals surface area (Å²) in [6.07, 6.45) is 0.757. The topological polar surface area (TPSA) is 63.4 Å². The highest BCUT2D eigenvalue weighted by Gasteiger charge is 2.29. The van der Waals surface area contributed by atoms with Gasteiger partial charge in [-0.25, -0.2) is 12.8 Å². The van der Waals surface area contributed by atoms with Gasteiger partial charge in [-0.3, -0.25) is 0 Å². The Morgan fingerprint density at radius 3 is 2.19 bits per heavy atom. The van der Waals surface area contributed by atoms with Gasteiger partial charge in [-0.05, 0) is 58.0 Å². The van der Waals surface area contributed by atoms with Crippen molar-refractivity contribution in [1.82, 2.24) is 0 Å².